The molecule has 3 heterocycles. The molecule has 1 unspecified atom stereocenters. The quantitative estimate of drug-likeness (QED) is 0.175. The highest BCUT2D eigenvalue weighted by molar-refractivity contribution is 7.26. The summed E-state index contributed by atoms with van der Waals surface area (Å²) in [5.41, 5.74) is 14.6. The predicted molar refractivity (Wildman–Crippen MR) is 218 cm³/mol. The van der Waals surface area contributed by atoms with Crippen molar-refractivity contribution in [2.75, 3.05) is 0 Å². The lowest BCUT2D eigenvalue weighted by atomic mass is 9.90. The Kier molecular flexibility index (Phi) is 7.00. The number of thiophene rings is 1. The van der Waals surface area contributed by atoms with Crippen molar-refractivity contribution in [1.29, 1.82) is 0 Å². The monoisotopic (exact) mass is 674 g/mol. The molecule has 5 heteroatoms. The molecule has 0 amide bonds. The SMILES string of the molecule is NC(=CC=NCn1c2ccccc2c2cc(C3C=c4c(n(-c5ccccc5)c5ccccc45)=CC3)ccc21)c1cccc2c1sc1ccccc12. The van der Waals surface area contributed by atoms with Crippen LogP contribution in [0.25, 0.3) is 76.4 Å². The van der Waals surface area contributed by atoms with Crippen LogP contribution in [0.15, 0.2) is 151 Å². The van der Waals surface area contributed by atoms with Gasteiger partial charge in [-0.1, -0.05) is 109 Å². The first-order chi connectivity index (χ1) is 25.2. The van der Waals surface area contributed by atoms with Crippen molar-refractivity contribution in [3.63, 3.8) is 0 Å². The summed E-state index contributed by atoms with van der Waals surface area (Å²) in [4.78, 5) is 4.87. The van der Waals surface area contributed by atoms with Gasteiger partial charge in [-0.2, -0.15) is 0 Å². The molecule has 0 spiro atoms. The largest absolute Gasteiger partial charge is 0.398 e. The molecule has 2 N–H and O–H groups in total. The number of hydrogen-bond acceptors (Lipinski definition) is 3. The van der Waals surface area contributed by atoms with Gasteiger partial charge in [0, 0.05) is 76.0 Å². The molecule has 3 aromatic heterocycles. The van der Waals surface area contributed by atoms with E-state index in [4.69, 9.17) is 10.7 Å². The minimum absolute atomic E-state index is 0.288. The number of hydrogen-bond donors (Lipinski definition) is 1. The highest BCUT2D eigenvalue weighted by atomic mass is 32.1. The van der Waals surface area contributed by atoms with Crippen LogP contribution < -0.4 is 16.3 Å². The van der Waals surface area contributed by atoms with E-state index in [0.29, 0.717) is 6.67 Å². The van der Waals surface area contributed by atoms with Crippen molar-refractivity contribution < 1.29 is 0 Å². The number of allylic oxidation sites excluding steroid dienone is 1. The van der Waals surface area contributed by atoms with E-state index in [1.165, 1.54) is 74.7 Å². The Bertz CT molecular complexity index is 2990. The fourth-order valence-corrected chi connectivity index (χ4v) is 9.27. The van der Waals surface area contributed by atoms with E-state index in [-0.39, 0.29) is 5.92 Å². The molecule has 0 saturated carbocycles. The number of aliphatic imine (C=N–C) groups is 1. The summed E-state index contributed by atoms with van der Waals surface area (Å²) in [6.07, 6.45) is 9.65. The molecule has 9 aromatic rings. The van der Waals surface area contributed by atoms with E-state index in [1.54, 1.807) is 11.3 Å². The Balaban J connectivity index is 0.994. The van der Waals surface area contributed by atoms with Gasteiger partial charge >= 0.3 is 0 Å². The van der Waals surface area contributed by atoms with Gasteiger partial charge < -0.3 is 14.9 Å². The van der Waals surface area contributed by atoms with Crippen LogP contribution in [0, 0.1) is 0 Å². The van der Waals surface area contributed by atoms with Crippen molar-refractivity contribution in [1.82, 2.24) is 9.13 Å². The summed E-state index contributed by atoms with van der Waals surface area (Å²) >= 11 is 1.79. The van der Waals surface area contributed by atoms with E-state index in [2.05, 4.69) is 161 Å². The molecular weight excluding hydrogens is 641 g/mol. The summed E-state index contributed by atoms with van der Waals surface area (Å²) in [6.45, 7) is 0.506. The molecule has 0 aliphatic heterocycles. The van der Waals surface area contributed by atoms with E-state index in [1.807, 2.05) is 12.3 Å². The third kappa shape index (κ3) is 4.84. The predicted octanol–water partition coefficient (Wildman–Crippen LogP) is 9.88. The van der Waals surface area contributed by atoms with Crippen molar-refractivity contribution in [2.24, 2.45) is 10.7 Å². The standard InChI is InChI=1S/C46H34N4S/c47-40(37-17-10-16-36-35-15-6-9-20-45(35)51-46(36)37)25-26-48-29-49-41-18-7-4-13-33(41)38-27-30(21-23-42(38)49)31-22-24-44-39(28-31)34-14-5-8-19-43(34)50(44)32-11-2-1-3-12-32/h1-21,23-28,31H,22,29,47H2. The summed E-state index contributed by atoms with van der Waals surface area (Å²) in [5.74, 6) is 0.288. The zero-order valence-electron chi connectivity index (χ0n) is 27.9. The lowest BCUT2D eigenvalue weighted by Gasteiger charge is -2.15. The number of benzene rings is 6. The average molecular weight is 675 g/mol. The summed E-state index contributed by atoms with van der Waals surface area (Å²) < 4.78 is 7.20. The topological polar surface area (TPSA) is 48.2 Å². The van der Waals surface area contributed by atoms with Crippen molar-refractivity contribution in [2.45, 2.75) is 19.0 Å². The highest BCUT2D eigenvalue weighted by Gasteiger charge is 2.19. The molecule has 6 aromatic carbocycles. The average Bonchev–Trinajstić information content (AvgIpc) is 3.84. The highest BCUT2D eigenvalue weighted by Crippen LogP contribution is 2.37. The Hall–Kier alpha value is -6.17. The van der Waals surface area contributed by atoms with Crippen LogP contribution in [0.4, 0.5) is 0 Å². The van der Waals surface area contributed by atoms with Gasteiger partial charge in [0.05, 0.1) is 16.6 Å². The fraction of sp³-hybridized carbons (Fsp3) is 0.0652. The Morgan fingerprint density at radius 2 is 1.43 bits per heavy atom. The first-order valence-electron chi connectivity index (χ1n) is 17.5. The molecule has 244 valence electrons. The lowest BCUT2D eigenvalue weighted by molar-refractivity contribution is 0.796. The van der Waals surface area contributed by atoms with Crippen molar-refractivity contribution in [3.8, 4) is 5.69 Å². The van der Waals surface area contributed by atoms with Gasteiger partial charge in [0.2, 0.25) is 0 Å². The van der Waals surface area contributed by atoms with Gasteiger partial charge in [0.15, 0.2) is 0 Å². The normalized spacial score (nSPS) is 14.9. The van der Waals surface area contributed by atoms with Crippen LogP contribution in [0.3, 0.4) is 0 Å². The minimum Gasteiger partial charge on any atom is -0.398 e. The van der Waals surface area contributed by atoms with Crippen LogP contribution in [0.1, 0.15) is 23.5 Å². The third-order valence-electron chi connectivity index (χ3n) is 10.4. The maximum absolute atomic E-state index is 6.67. The molecule has 1 atom stereocenters. The number of nitrogens with zero attached hydrogens (tertiary/aromatic N) is 3. The Labute approximate surface area is 299 Å². The van der Waals surface area contributed by atoms with E-state index in [0.717, 1.165) is 17.7 Å². The lowest BCUT2D eigenvalue weighted by Crippen LogP contribution is -2.31. The number of fused-ring (bicyclic) bond motifs is 9. The maximum atomic E-state index is 6.67. The number of para-hydroxylation sites is 3. The molecular formula is C46H34N4S. The van der Waals surface area contributed by atoms with Crippen LogP contribution in [-0.4, -0.2) is 15.3 Å². The van der Waals surface area contributed by atoms with Crippen LogP contribution in [0.5, 0.6) is 0 Å². The number of nitrogens with two attached hydrogens (primary N) is 1. The van der Waals surface area contributed by atoms with E-state index in [9.17, 15) is 0 Å². The first kappa shape index (κ1) is 29.7. The smallest absolute Gasteiger partial charge is 0.114 e. The molecule has 1 aliphatic rings. The zero-order valence-corrected chi connectivity index (χ0v) is 28.7. The van der Waals surface area contributed by atoms with Crippen LogP contribution in [-0.2, 0) is 6.67 Å². The first-order valence-corrected chi connectivity index (χ1v) is 18.3. The van der Waals surface area contributed by atoms with Crippen LogP contribution >= 0.6 is 11.3 Å². The molecule has 0 bridgehead atoms. The molecule has 10 rings (SSSR count). The zero-order chi connectivity index (χ0) is 33.9. The molecule has 51 heavy (non-hydrogen) atoms. The van der Waals surface area contributed by atoms with Gasteiger partial charge in [-0.25, -0.2) is 0 Å². The van der Waals surface area contributed by atoms with Crippen LogP contribution in [0.2, 0.25) is 0 Å². The number of aromatic nitrogens is 2. The van der Waals surface area contributed by atoms with Gasteiger partial charge in [-0.3, -0.25) is 4.99 Å². The molecule has 0 saturated heterocycles. The van der Waals surface area contributed by atoms with Gasteiger partial charge in [0.1, 0.15) is 6.67 Å². The van der Waals surface area contributed by atoms with Gasteiger partial charge in [-0.15, -0.1) is 11.3 Å². The molecule has 0 radical (unpaired) electrons. The molecule has 1 aliphatic carbocycles. The summed E-state index contributed by atoms with van der Waals surface area (Å²) in [7, 11) is 0. The molecule has 4 nitrogen and oxygen atoms in total. The van der Waals surface area contributed by atoms with Crippen molar-refractivity contribution in [3.05, 3.63) is 167 Å². The minimum atomic E-state index is 0.288. The second-order valence-corrected chi connectivity index (χ2v) is 14.3. The summed E-state index contributed by atoms with van der Waals surface area (Å²) in [6, 6.07) is 50.0. The molecule has 0 fully saturated rings. The van der Waals surface area contributed by atoms with E-state index >= 15 is 0 Å². The fourth-order valence-electron chi connectivity index (χ4n) is 8.04. The second kappa shape index (κ2) is 12.0. The van der Waals surface area contributed by atoms with Crippen molar-refractivity contribution >= 4 is 88.3 Å². The maximum Gasteiger partial charge on any atom is 0.114 e. The van der Waals surface area contributed by atoms with Gasteiger partial charge in [0.25, 0.3) is 0 Å². The Morgan fingerprint density at radius 1 is 0.706 bits per heavy atom. The second-order valence-electron chi connectivity index (χ2n) is 13.3. The number of rotatable bonds is 6. The third-order valence-corrected chi connectivity index (χ3v) is 11.6. The van der Waals surface area contributed by atoms with E-state index < -0.39 is 0 Å². The summed E-state index contributed by atoms with van der Waals surface area (Å²) in [5, 5.41) is 8.92. The Morgan fingerprint density at radius 3 is 2.31 bits per heavy atom. The van der Waals surface area contributed by atoms with Gasteiger partial charge in [-0.05, 0) is 60.5 Å².